The Hall–Kier alpha value is -2.54. The molecule has 90 valence electrons. The molecule has 0 fully saturated rings. The Morgan fingerprint density at radius 2 is 2.11 bits per heavy atom. The molecule has 2 rings (SSSR count). The highest BCUT2D eigenvalue weighted by Crippen LogP contribution is 2.25. The number of furan rings is 1. The van der Waals surface area contributed by atoms with Gasteiger partial charge in [0.15, 0.2) is 0 Å². The molecule has 0 aliphatic rings. The van der Waals surface area contributed by atoms with Crippen molar-refractivity contribution in [3.05, 3.63) is 53.7 Å². The summed E-state index contributed by atoms with van der Waals surface area (Å²) >= 11 is 0. The molecule has 18 heavy (non-hydrogen) atoms. The standard InChI is InChI=1S/C14H13N3O/c1-2-13-11(5-8-18-13)14(16)12(9-15)10-3-6-17-7-4-10/h3-8H,2,16H2,1H3/b14-12+. The Bertz CT molecular complexity index is 605. The van der Waals surface area contributed by atoms with Gasteiger partial charge in [0, 0.05) is 24.4 Å². The third kappa shape index (κ3) is 2.11. The fourth-order valence-electron chi connectivity index (χ4n) is 1.79. The third-order valence-corrected chi connectivity index (χ3v) is 2.71. The number of allylic oxidation sites excluding steroid dienone is 1. The van der Waals surface area contributed by atoms with E-state index in [1.165, 1.54) is 0 Å². The molecule has 0 unspecified atom stereocenters. The van der Waals surface area contributed by atoms with Gasteiger partial charge in [0.05, 0.1) is 17.5 Å². The molecule has 2 heterocycles. The van der Waals surface area contributed by atoms with Crippen molar-refractivity contribution < 1.29 is 4.42 Å². The summed E-state index contributed by atoms with van der Waals surface area (Å²) in [5, 5.41) is 9.27. The van der Waals surface area contributed by atoms with E-state index in [2.05, 4.69) is 11.1 Å². The van der Waals surface area contributed by atoms with Gasteiger partial charge in [0.25, 0.3) is 0 Å². The van der Waals surface area contributed by atoms with E-state index in [0.29, 0.717) is 11.3 Å². The summed E-state index contributed by atoms with van der Waals surface area (Å²) in [7, 11) is 0. The summed E-state index contributed by atoms with van der Waals surface area (Å²) in [6.07, 6.45) is 5.59. The summed E-state index contributed by atoms with van der Waals surface area (Å²) in [6, 6.07) is 7.45. The van der Waals surface area contributed by atoms with Crippen LogP contribution in [0, 0.1) is 11.3 Å². The molecular formula is C14H13N3O. The lowest BCUT2D eigenvalue weighted by Crippen LogP contribution is -2.02. The maximum absolute atomic E-state index is 9.27. The first-order valence-electron chi connectivity index (χ1n) is 5.65. The van der Waals surface area contributed by atoms with E-state index in [4.69, 9.17) is 10.2 Å². The van der Waals surface area contributed by atoms with Gasteiger partial charge in [-0.3, -0.25) is 4.98 Å². The lowest BCUT2D eigenvalue weighted by molar-refractivity contribution is 0.515. The van der Waals surface area contributed by atoms with E-state index in [9.17, 15) is 5.26 Å². The van der Waals surface area contributed by atoms with Crippen molar-refractivity contribution in [2.24, 2.45) is 5.73 Å². The van der Waals surface area contributed by atoms with E-state index in [1.807, 2.05) is 6.92 Å². The smallest absolute Gasteiger partial charge is 0.112 e. The number of hydrogen-bond acceptors (Lipinski definition) is 4. The van der Waals surface area contributed by atoms with E-state index in [1.54, 1.807) is 36.9 Å². The average Bonchev–Trinajstić information content (AvgIpc) is 2.89. The van der Waals surface area contributed by atoms with Gasteiger partial charge in [-0.15, -0.1) is 0 Å². The molecule has 0 aliphatic carbocycles. The molecule has 0 aliphatic heterocycles. The Balaban J connectivity index is 2.55. The van der Waals surface area contributed by atoms with Gasteiger partial charge in [0.1, 0.15) is 11.8 Å². The molecule has 0 bridgehead atoms. The van der Waals surface area contributed by atoms with Crippen molar-refractivity contribution in [2.45, 2.75) is 13.3 Å². The predicted octanol–water partition coefficient (Wildman–Crippen LogP) is 2.59. The highest BCUT2D eigenvalue weighted by Gasteiger charge is 2.13. The second-order valence-electron chi connectivity index (χ2n) is 3.75. The monoisotopic (exact) mass is 239 g/mol. The molecule has 0 radical (unpaired) electrons. The zero-order chi connectivity index (χ0) is 13.0. The van der Waals surface area contributed by atoms with Gasteiger partial charge >= 0.3 is 0 Å². The van der Waals surface area contributed by atoms with E-state index < -0.39 is 0 Å². The van der Waals surface area contributed by atoms with Crippen molar-refractivity contribution >= 4 is 11.3 Å². The highest BCUT2D eigenvalue weighted by molar-refractivity contribution is 5.96. The number of nitriles is 1. The lowest BCUT2D eigenvalue weighted by Gasteiger charge is -2.05. The van der Waals surface area contributed by atoms with Crippen molar-refractivity contribution in [1.82, 2.24) is 4.98 Å². The van der Waals surface area contributed by atoms with Crippen LogP contribution in [0.5, 0.6) is 0 Å². The largest absolute Gasteiger partial charge is 0.469 e. The van der Waals surface area contributed by atoms with Crippen LogP contribution in [-0.4, -0.2) is 4.98 Å². The Morgan fingerprint density at radius 1 is 1.39 bits per heavy atom. The van der Waals surface area contributed by atoms with E-state index in [0.717, 1.165) is 23.3 Å². The normalized spacial score (nSPS) is 11.8. The van der Waals surface area contributed by atoms with Crippen molar-refractivity contribution in [3.8, 4) is 6.07 Å². The minimum Gasteiger partial charge on any atom is -0.469 e. The fraction of sp³-hybridized carbons (Fsp3) is 0.143. The molecular weight excluding hydrogens is 226 g/mol. The molecule has 2 aromatic rings. The van der Waals surface area contributed by atoms with Crippen LogP contribution in [0.3, 0.4) is 0 Å². The molecule has 0 aromatic carbocycles. The molecule has 0 saturated heterocycles. The van der Waals surface area contributed by atoms with E-state index in [-0.39, 0.29) is 0 Å². The van der Waals surface area contributed by atoms with Crippen LogP contribution in [0.25, 0.3) is 11.3 Å². The van der Waals surface area contributed by atoms with Crippen LogP contribution < -0.4 is 5.73 Å². The molecule has 2 N–H and O–H groups in total. The predicted molar refractivity (Wildman–Crippen MR) is 68.9 cm³/mol. The summed E-state index contributed by atoms with van der Waals surface area (Å²) in [4.78, 5) is 3.93. The second kappa shape index (κ2) is 5.19. The van der Waals surface area contributed by atoms with Crippen LogP contribution in [0.2, 0.25) is 0 Å². The number of aromatic nitrogens is 1. The van der Waals surface area contributed by atoms with Crippen LogP contribution >= 0.6 is 0 Å². The maximum atomic E-state index is 9.27. The van der Waals surface area contributed by atoms with Gasteiger partial charge in [-0.25, -0.2) is 0 Å². The first kappa shape index (κ1) is 11.9. The minimum atomic E-state index is 0.438. The zero-order valence-corrected chi connectivity index (χ0v) is 10.1. The van der Waals surface area contributed by atoms with Crippen LogP contribution in [0.15, 0.2) is 41.3 Å². The SMILES string of the molecule is CCc1occc1/C(N)=C(/C#N)c1ccncc1. The van der Waals surface area contributed by atoms with Crippen molar-refractivity contribution in [3.63, 3.8) is 0 Å². The molecule has 0 spiro atoms. The lowest BCUT2D eigenvalue weighted by atomic mass is 10.0. The number of rotatable bonds is 3. The molecule has 4 heteroatoms. The Kier molecular flexibility index (Phi) is 3.44. The average molecular weight is 239 g/mol. The number of nitrogens with zero attached hydrogens (tertiary/aromatic N) is 2. The summed E-state index contributed by atoms with van der Waals surface area (Å²) < 4.78 is 5.33. The topological polar surface area (TPSA) is 75.8 Å². The van der Waals surface area contributed by atoms with Crippen molar-refractivity contribution in [1.29, 1.82) is 5.26 Å². The molecule has 2 aromatic heterocycles. The van der Waals surface area contributed by atoms with Crippen LogP contribution in [0.4, 0.5) is 0 Å². The van der Waals surface area contributed by atoms with Gasteiger partial charge in [-0.2, -0.15) is 5.26 Å². The first-order chi connectivity index (χ1) is 8.77. The molecule has 4 nitrogen and oxygen atoms in total. The number of nitrogens with two attached hydrogens (primary N) is 1. The zero-order valence-electron chi connectivity index (χ0n) is 10.1. The van der Waals surface area contributed by atoms with E-state index >= 15 is 0 Å². The number of aryl methyl sites for hydroxylation is 1. The summed E-state index contributed by atoms with van der Waals surface area (Å²) in [5.41, 5.74) is 8.50. The van der Waals surface area contributed by atoms with Crippen LogP contribution in [0.1, 0.15) is 23.8 Å². The fourth-order valence-corrected chi connectivity index (χ4v) is 1.79. The number of hydrogen-bond donors (Lipinski definition) is 1. The molecule has 0 amide bonds. The van der Waals surface area contributed by atoms with Gasteiger partial charge in [-0.05, 0) is 23.8 Å². The van der Waals surface area contributed by atoms with Crippen molar-refractivity contribution in [2.75, 3.05) is 0 Å². The van der Waals surface area contributed by atoms with Gasteiger partial charge in [0.2, 0.25) is 0 Å². The van der Waals surface area contributed by atoms with Crippen LogP contribution in [-0.2, 0) is 6.42 Å². The second-order valence-corrected chi connectivity index (χ2v) is 3.75. The summed E-state index contributed by atoms with van der Waals surface area (Å²) in [6.45, 7) is 1.98. The quantitative estimate of drug-likeness (QED) is 0.835. The Morgan fingerprint density at radius 3 is 2.72 bits per heavy atom. The van der Waals surface area contributed by atoms with Gasteiger partial charge in [-0.1, -0.05) is 6.92 Å². The molecule has 0 saturated carbocycles. The first-order valence-corrected chi connectivity index (χ1v) is 5.65. The number of pyridine rings is 1. The van der Waals surface area contributed by atoms with Gasteiger partial charge < -0.3 is 10.2 Å². The molecule has 0 atom stereocenters. The maximum Gasteiger partial charge on any atom is 0.112 e. The summed E-state index contributed by atoms with van der Waals surface area (Å²) in [5.74, 6) is 0.786. The minimum absolute atomic E-state index is 0.438. The highest BCUT2D eigenvalue weighted by atomic mass is 16.3. The Labute approximate surface area is 105 Å². The third-order valence-electron chi connectivity index (χ3n) is 2.71.